The lowest BCUT2D eigenvalue weighted by Gasteiger charge is -2.09. The van der Waals surface area contributed by atoms with Crippen LogP contribution < -0.4 is 0 Å². The highest BCUT2D eigenvalue weighted by Gasteiger charge is 2.06. The molecule has 1 rings (SSSR count). The minimum atomic E-state index is -0.251. The smallest absolute Gasteiger partial charge is 0.0930 e. The van der Waals surface area contributed by atoms with Gasteiger partial charge in [-0.1, -0.05) is 57.8 Å². The maximum atomic E-state index is 11.4. The molecule has 0 unspecified atom stereocenters. The first kappa shape index (κ1) is 11.0. The number of hydrogen-bond acceptors (Lipinski definition) is 0. The summed E-state index contributed by atoms with van der Waals surface area (Å²) in [5, 5.41) is 11.4. The Kier molecular flexibility index (Phi) is 6.26. The van der Waals surface area contributed by atoms with E-state index >= 15 is 0 Å². The molecule has 1 fully saturated rings. The second kappa shape index (κ2) is 7.37. The van der Waals surface area contributed by atoms with Crippen molar-refractivity contribution in [2.45, 2.75) is 76.7 Å². The number of hydrogen-bond donors (Lipinski definition) is 0. The Bertz CT molecular complexity index is 99.7. The summed E-state index contributed by atoms with van der Waals surface area (Å²) in [7, 11) is 0. The quantitative estimate of drug-likeness (QED) is 0.539. The van der Waals surface area contributed by atoms with Crippen molar-refractivity contribution < 1.29 is 5.11 Å². The van der Waals surface area contributed by atoms with Gasteiger partial charge in [-0.25, -0.2) is 5.11 Å². The molecule has 0 aliphatic heterocycles. The molecule has 0 aromatic heterocycles. The van der Waals surface area contributed by atoms with Gasteiger partial charge >= 0.3 is 0 Å². The van der Waals surface area contributed by atoms with Crippen LogP contribution in [0, 0.1) is 0 Å². The van der Waals surface area contributed by atoms with E-state index in [2.05, 4.69) is 0 Å². The third kappa shape index (κ3) is 6.09. The lowest BCUT2D eigenvalue weighted by atomic mass is 10.00. The molecule has 1 radical (unpaired) electrons. The Morgan fingerprint density at radius 3 is 1.23 bits per heavy atom. The Balaban J connectivity index is 2.11. The van der Waals surface area contributed by atoms with E-state index in [0.717, 1.165) is 12.8 Å². The third-order valence-corrected chi connectivity index (χ3v) is 3.05. The maximum Gasteiger partial charge on any atom is 0.0930 e. The van der Waals surface area contributed by atoms with Gasteiger partial charge in [0.15, 0.2) is 0 Å². The molecule has 0 saturated heterocycles. The highest BCUT2D eigenvalue weighted by Crippen LogP contribution is 2.16. The van der Waals surface area contributed by atoms with Crippen molar-refractivity contribution in [2.75, 3.05) is 0 Å². The highest BCUT2D eigenvalue weighted by molar-refractivity contribution is 4.58. The van der Waals surface area contributed by atoms with E-state index in [-0.39, 0.29) is 6.10 Å². The minimum absolute atomic E-state index is 0.251. The van der Waals surface area contributed by atoms with Crippen molar-refractivity contribution in [1.82, 2.24) is 0 Å². The van der Waals surface area contributed by atoms with Gasteiger partial charge in [0.2, 0.25) is 0 Å². The molecule has 0 amide bonds. The highest BCUT2D eigenvalue weighted by atomic mass is 16.3. The van der Waals surface area contributed by atoms with E-state index < -0.39 is 0 Å². The zero-order valence-corrected chi connectivity index (χ0v) is 8.76. The third-order valence-electron chi connectivity index (χ3n) is 3.05. The number of rotatable bonds is 0. The maximum absolute atomic E-state index is 11.4. The molecular weight excluding hydrogens is 160 g/mol. The molecule has 1 aliphatic carbocycles. The Hall–Kier alpha value is -0.0400. The van der Waals surface area contributed by atoms with Gasteiger partial charge in [0.25, 0.3) is 0 Å². The van der Waals surface area contributed by atoms with Crippen molar-refractivity contribution in [3.05, 3.63) is 0 Å². The lowest BCUT2D eigenvalue weighted by molar-refractivity contribution is 0.0686. The molecular formula is C12H23O. The molecule has 0 N–H and O–H groups in total. The average Bonchev–Trinajstić information content (AvgIpc) is 2.11. The molecule has 0 aromatic rings. The van der Waals surface area contributed by atoms with Crippen molar-refractivity contribution in [3.8, 4) is 0 Å². The van der Waals surface area contributed by atoms with E-state index in [1.165, 1.54) is 57.8 Å². The summed E-state index contributed by atoms with van der Waals surface area (Å²) in [5.74, 6) is 0. The first-order valence-corrected chi connectivity index (χ1v) is 6.05. The Morgan fingerprint density at radius 1 is 0.538 bits per heavy atom. The molecule has 1 heteroatoms. The largest absolute Gasteiger partial charge is 0.233 e. The molecule has 1 nitrogen and oxygen atoms in total. The topological polar surface area (TPSA) is 19.9 Å². The van der Waals surface area contributed by atoms with Gasteiger partial charge in [-0.3, -0.25) is 0 Å². The van der Waals surface area contributed by atoms with Crippen molar-refractivity contribution in [3.63, 3.8) is 0 Å². The normalized spacial score (nSPS) is 24.7. The van der Waals surface area contributed by atoms with E-state index in [0.29, 0.717) is 0 Å². The van der Waals surface area contributed by atoms with Gasteiger partial charge in [0, 0.05) is 0 Å². The summed E-state index contributed by atoms with van der Waals surface area (Å²) < 4.78 is 0. The van der Waals surface area contributed by atoms with Crippen molar-refractivity contribution >= 4 is 0 Å². The Labute approximate surface area is 82.5 Å². The van der Waals surface area contributed by atoms with Crippen LogP contribution in [0.4, 0.5) is 0 Å². The zero-order valence-electron chi connectivity index (χ0n) is 8.76. The summed E-state index contributed by atoms with van der Waals surface area (Å²) in [4.78, 5) is 0. The van der Waals surface area contributed by atoms with E-state index in [1.54, 1.807) is 0 Å². The van der Waals surface area contributed by atoms with Gasteiger partial charge < -0.3 is 0 Å². The molecule has 1 saturated carbocycles. The van der Waals surface area contributed by atoms with Gasteiger partial charge in [-0.2, -0.15) is 0 Å². The molecule has 13 heavy (non-hydrogen) atoms. The van der Waals surface area contributed by atoms with Gasteiger partial charge in [-0.15, -0.1) is 0 Å². The summed E-state index contributed by atoms with van der Waals surface area (Å²) in [6.07, 6.45) is 13.5. The predicted molar refractivity (Wildman–Crippen MR) is 55.3 cm³/mol. The van der Waals surface area contributed by atoms with Crippen LogP contribution in [0.15, 0.2) is 0 Å². The Morgan fingerprint density at radius 2 is 0.846 bits per heavy atom. The van der Waals surface area contributed by atoms with Crippen LogP contribution in [-0.4, -0.2) is 6.10 Å². The van der Waals surface area contributed by atoms with Crippen LogP contribution in [0.5, 0.6) is 0 Å². The molecule has 77 valence electrons. The van der Waals surface area contributed by atoms with Crippen LogP contribution in [0.1, 0.15) is 70.6 Å². The van der Waals surface area contributed by atoms with Crippen LogP contribution in [0.25, 0.3) is 0 Å². The minimum Gasteiger partial charge on any atom is -0.233 e. The summed E-state index contributed by atoms with van der Waals surface area (Å²) >= 11 is 0. The molecule has 1 aliphatic rings. The standard InChI is InChI=1S/C12H23O/c13-12-10-8-6-4-2-1-3-5-7-9-11-12/h12H,1-11H2. The molecule has 0 heterocycles. The van der Waals surface area contributed by atoms with E-state index in [9.17, 15) is 5.11 Å². The molecule has 0 aromatic carbocycles. The fourth-order valence-corrected chi connectivity index (χ4v) is 2.13. The van der Waals surface area contributed by atoms with Gasteiger partial charge in [0.1, 0.15) is 0 Å². The monoisotopic (exact) mass is 183 g/mol. The van der Waals surface area contributed by atoms with E-state index in [1.807, 2.05) is 0 Å². The lowest BCUT2D eigenvalue weighted by Crippen LogP contribution is -2.04. The zero-order chi connectivity index (χ0) is 9.36. The second-order valence-electron chi connectivity index (χ2n) is 4.38. The van der Waals surface area contributed by atoms with E-state index in [4.69, 9.17) is 0 Å². The molecule has 0 spiro atoms. The van der Waals surface area contributed by atoms with Crippen LogP contribution in [0.3, 0.4) is 0 Å². The van der Waals surface area contributed by atoms with Crippen LogP contribution >= 0.6 is 0 Å². The van der Waals surface area contributed by atoms with Crippen molar-refractivity contribution in [2.24, 2.45) is 0 Å². The second-order valence-corrected chi connectivity index (χ2v) is 4.38. The predicted octanol–water partition coefficient (Wildman–Crippen LogP) is 4.09. The fraction of sp³-hybridized carbons (Fsp3) is 1.00. The summed E-state index contributed by atoms with van der Waals surface area (Å²) in [6, 6.07) is 0. The average molecular weight is 183 g/mol. The van der Waals surface area contributed by atoms with Crippen LogP contribution in [0.2, 0.25) is 0 Å². The van der Waals surface area contributed by atoms with Crippen molar-refractivity contribution in [1.29, 1.82) is 0 Å². The first-order chi connectivity index (χ1) is 6.39. The summed E-state index contributed by atoms with van der Waals surface area (Å²) in [6.45, 7) is 0. The molecule has 0 atom stereocenters. The SMILES string of the molecule is [O]C1CCCCCCCCCCC1. The summed E-state index contributed by atoms with van der Waals surface area (Å²) in [5.41, 5.74) is 0. The van der Waals surface area contributed by atoms with Crippen LogP contribution in [-0.2, 0) is 5.11 Å². The van der Waals surface area contributed by atoms with Gasteiger partial charge in [-0.05, 0) is 12.8 Å². The first-order valence-electron chi connectivity index (χ1n) is 6.05. The fourth-order valence-electron chi connectivity index (χ4n) is 2.13. The molecule has 0 bridgehead atoms. The van der Waals surface area contributed by atoms with Gasteiger partial charge in [0.05, 0.1) is 6.10 Å².